The lowest BCUT2D eigenvalue weighted by Gasteiger charge is -2.41. The average Bonchev–Trinajstić information content (AvgIpc) is 3.25. The number of halogens is 1. The molecule has 3 N–H and O–H groups in total. The number of anilines is 2. The van der Waals surface area contributed by atoms with Gasteiger partial charge in [-0.3, -0.25) is 4.79 Å². The molecule has 0 radical (unpaired) electrons. The molecule has 162 valence electrons. The Balaban J connectivity index is 1.77. The third kappa shape index (κ3) is 4.03. The largest absolute Gasteiger partial charge is 0.480 e. The highest BCUT2D eigenvalue weighted by Crippen LogP contribution is 2.50. The minimum atomic E-state index is -1.21. The topological polar surface area (TPSA) is 108 Å². The van der Waals surface area contributed by atoms with Gasteiger partial charge in [-0.15, -0.1) is 11.3 Å². The maximum absolute atomic E-state index is 13.5. The summed E-state index contributed by atoms with van der Waals surface area (Å²) in [6, 6.07) is 5.68. The summed E-state index contributed by atoms with van der Waals surface area (Å²) in [5.74, 6) is -1.63. The van der Waals surface area contributed by atoms with Gasteiger partial charge in [0.05, 0.1) is 18.0 Å². The van der Waals surface area contributed by atoms with Crippen LogP contribution in [0.1, 0.15) is 47.0 Å². The molecule has 7 nitrogen and oxygen atoms in total. The zero-order chi connectivity index (χ0) is 22.2. The van der Waals surface area contributed by atoms with E-state index < -0.39 is 29.2 Å². The SMILES string of the molecule is Cc1cc(Nc2ncc(F)c(C)n2)cc(C2CC(O)CCC2(C(=O)O)c2nccs2)c1. The van der Waals surface area contributed by atoms with E-state index in [4.69, 9.17) is 0 Å². The molecule has 2 aromatic heterocycles. The Morgan fingerprint density at radius 3 is 2.77 bits per heavy atom. The molecule has 3 aromatic rings. The molecule has 4 rings (SSSR count). The molecule has 1 aliphatic carbocycles. The minimum absolute atomic E-state index is 0.231. The fraction of sp³-hybridized carbons (Fsp3) is 0.364. The van der Waals surface area contributed by atoms with Gasteiger partial charge in [-0.1, -0.05) is 6.07 Å². The first kappa shape index (κ1) is 21.3. The van der Waals surface area contributed by atoms with Crippen LogP contribution in [0.3, 0.4) is 0 Å². The van der Waals surface area contributed by atoms with Crippen molar-refractivity contribution in [2.45, 2.75) is 50.5 Å². The molecule has 1 aromatic carbocycles. The van der Waals surface area contributed by atoms with Crippen LogP contribution in [0.25, 0.3) is 0 Å². The Kier molecular flexibility index (Phi) is 5.72. The number of aliphatic hydroxyl groups excluding tert-OH is 1. The van der Waals surface area contributed by atoms with Crippen LogP contribution in [-0.4, -0.2) is 37.2 Å². The van der Waals surface area contributed by atoms with Crippen molar-refractivity contribution < 1.29 is 19.4 Å². The highest BCUT2D eigenvalue weighted by atomic mass is 32.1. The number of aromatic nitrogens is 3. The molecule has 9 heteroatoms. The number of aryl methyl sites for hydroxylation is 2. The van der Waals surface area contributed by atoms with Crippen LogP contribution < -0.4 is 5.32 Å². The van der Waals surface area contributed by atoms with Crippen molar-refractivity contribution in [2.75, 3.05) is 5.32 Å². The zero-order valence-corrected chi connectivity index (χ0v) is 18.0. The molecule has 1 fully saturated rings. The smallest absolute Gasteiger partial charge is 0.317 e. The first-order valence-corrected chi connectivity index (χ1v) is 10.9. The van der Waals surface area contributed by atoms with Crippen molar-refractivity contribution in [3.63, 3.8) is 0 Å². The Hall–Kier alpha value is -2.91. The van der Waals surface area contributed by atoms with Gasteiger partial charge in [0.15, 0.2) is 5.82 Å². The summed E-state index contributed by atoms with van der Waals surface area (Å²) in [6.07, 6.45) is 3.17. The van der Waals surface area contributed by atoms with E-state index in [9.17, 15) is 19.4 Å². The average molecular weight is 443 g/mol. The summed E-state index contributed by atoms with van der Waals surface area (Å²) >= 11 is 1.33. The molecule has 3 unspecified atom stereocenters. The van der Waals surface area contributed by atoms with E-state index in [-0.39, 0.29) is 11.6 Å². The number of rotatable bonds is 5. The number of nitrogens with one attached hydrogen (secondary N) is 1. The van der Waals surface area contributed by atoms with Crippen molar-refractivity contribution in [3.05, 3.63) is 63.6 Å². The minimum Gasteiger partial charge on any atom is -0.480 e. The fourth-order valence-corrected chi connectivity index (χ4v) is 5.27. The predicted octanol–water partition coefficient (Wildman–Crippen LogP) is 4.08. The second-order valence-corrected chi connectivity index (χ2v) is 8.87. The van der Waals surface area contributed by atoms with E-state index in [0.717, 1.165) is 17.3 Å². The predicted molar refractivity (Wildman–Crippen MR) is 115 cm³/mol. The summed E-state index contributed by atoms with van der Waals surface area (Å²) in [5, 5.41) is 26.1. The number of aliphatic hydroxyl groups is 1. The lowest BCUT2D eigenvalue weighted by Crippen LogP contribution is -2.46. The van der Waals surface area contributed by atoms with Gasteiger partial charge in [0, 0.05) is 23.2 Å². The first-order valence-electron chi connectivity index (χ1n) is 9.99. The Morgan fingerprint density at radius 2 is 2.10 bits per heavy atom. The van der Waals surface area contributed by atoms with Crippen molar-refractivity contribution >= 4 is 28.9 Å². The number of thiazole rings is 1. The van der Waals surface area contributed by atoms with Gasteiger partial charge in [-0.25, -0.2) is 19.3 Å². The third-order valence-corrected chi connectivity index (χ3v) is 6.80. The molecular formula is C22H23FN4O3S. The van der Waals surface area contributed by atoms with Crippen LogP contribution in [0.15, 0.2) is 36.0 Å². The van der Waals surface area contributed by atoms with Crippen molar-refractivity contribution in [2.24, 2.45) is 0 Å². The molecular weight excluding hydrogens is 419 g/mol. The number of carboxylic acids is 1. The molecule has 0 amide bonds. The third-order valence-electron chi connectivity index (χ3n) is 5.85. The maximum atomic E-state index is 13.5. The fourth-order valence-electron chi connectivity index (χ4n) is 4.36. The normalized spacial score (nSPS) is 23.5. The Labute approximate surface area is 183 Å². The van der Waals surface area contributed by atoms with Gasteiger partial charge in [0.2, 0.25) is 5.95 Å². The molecule has 3 atom stereocenters. The van der Waals surface area contributed by atoms with E-state index in [0.29, 0.717) is 30.0 Å². The maximum Gasteiger partial charge on any atom is 0.317 e. The van der Waals surface area contributed by atoms with Gasteiger partial charge in [-0.2, -0.15) is 0 Å². The van der Waals surface area contributed by atoms with Gasteiger partial charge < -0.3 is 15.5 Å². The summed E-state index contributed by atoms with van der Waals surface area (Å²) in [4.78, 5) is 25.0. The number of nitrogens with zero attached hydrogens (tertiary/aromatic N) is 3. The number of benzene rings is 1. The molecule has 1 aliphatic rings. The zero-order valence-electron chi connectivity index (χ0n) is 17.2. The monoisotopic (exact) mass is 442 g/mol. The van der Waals surface area contributed by atoms with Crippen LogP contribution in [-0.2, 0) is 10.2 Å². The summed E-state index contributed by atoms with van der Waals surface area (Å²) in [6.45, 7) is 3.47. The van der Waals surface area contributed by atoms with Gasteiger partial charge >= 0.3 is 5.97 Å². The Morgan fingerprint density at radius 1 is 1.29 bits per heavy atom. The lowest BCUT2D eigenvalue weighted by molar-refractivity contribution is -0.147. The van der Waals surface area contributed by atoms with Gasteiger partial charge in [0.25, 0.3) is 0 Å². The van der Waals surface area contributed by atoms with Gasteiger partial charge in [-0.05, 0) is 56.4 Å². The van der Waals surface area contributed by atoms with Crippen LogP contribution in [0.4, 0.5) is 16.0 Å². The number of hydrogen-bond acceptors (Lipinski definition) is 7. The molecule has 0 spiro atoms. The second kappa shape index (κ2) is 8.32. The van der Waals surface area contributed by atoms with Crippen molar-refractivity contribution in [1.82, 2.24) is 15.0 Å². The summed E-state index contributed by atoms with van der Waals surface area (Å²) in [5.41, 5.74) is 1.39. The van der Waals surface area contributed by atoms with Crippen molar-refractivity contribution in [1.29, 1.82) is 0 Å². The summed E-state index contributed by atoms with van der Waals surface area (Å²) in [7, 11) is 0. The first-order chi connectivity index (χ1) is 14.8. The number of aliphatic carboxylic acids is 1. The lowest BCUT2D eigenvalue weighted by atomic mass is 9.63. The number of hydrogen-bond donors (Lipinski definition) is 3. The van der Waals surface area contributed by atoms with Crippen molar-refractivity contribution in [3.8, 4) is 0 Å². The standard InChI is InChI=1S/C22H23FN4O3S/c1-12-7-14(9-15(8-12)27-21-25-11-18(23)13(2)26-21)17-10-16(28)3-4-22(17,20(29)30)19-24-5-6-31-19/h5-9,11,16-17,28H,3-4,10H2,1-2H3,(H,29,30)(H,25,26,27). The molecule has 0 aliphatic heterocycles. The molecule has 0 saturated heterocycles. The van der Waals surface area contributed by atoms with E-state index >= 15 is 0 Å². The van der Waals surface area contributed by atoms with Crippen LogP contribution in [0, 0.1) is 19.7 Å². The Bertz CT molecular complexity index is 1110. The van der Waals surface area contributed by atoms with E-state index in [2.05, 4.69) is 20.3 Å². The summed E-state index contributed by atoms with van der Waals surface area (Å²) < 4.78 is 13.5. The van der Waals surface area contributed by atoms with E-state index in [1.54, 1.807) is 18.5 Å². The van der Waals surface area contributed by atoms with Crippen LogP contribution in [0.5, 0.6) is 0 Å². The molecule has 1 saturated carbocycles. The number of carboxylic acid groups (broad SMARTS) is 1. The van der Waals surface area contributed by atoms with Crippen LogP contribution in [0.2, 0.25) is 0 Å². The highest BCUT2D eigenvalue weighted by molar-refractivity contribution is 7.09. The van der Waals surface area contributed by atoms with E-state index in [1.807, 2.05) is 25.1 Å². The molecule has 0 bridgehead atoms. The quantitative estimate of drug-likeness (QED) is 0.546. The van der Waals surface area contributed by atoms with E-state index in [1.165, 1.54) is 11.3 Å². The number of carbonyl (C=O) groups is 1. The van der Waals surface area contributed by atoms with Gasteiger partial charge in [0.1, 0.15) is 10.4 Å². The molecule has 31 heavy (non-hydrogen) atoms. The highest BCUT2D eigenvalue weighted by Gasteiger charge is 2.53. The second-order valence-electron chi connectivity index (χ2n) is 7.98. The molecule has 2 heterocycles. The van der Waals surface area contributed by atoms with Crippen LogP contribution >= 0.6 is 11.3 Å².